The zero-order valence-corrected chi connectivity index (χ0v) is 9.92. The van der Waals surface area contributed by atoms with Gasteiger partial charge in [0, 0.05) is 11.6 Å². The minimum absolute atomic E-state index is 0.279. The Morgan fingerprint density at radius 3 is 2.71 bits per heavy atom. The summed E-state index contributed by atoms with van der Waals surface area (Å²) in [6, 6.07) is 3.12. The van der Waals surface area contributed by atoms with Gasteiger partial charge in [0.1, 0.15) is 17.1 Å². The van der Waals surface area contributed by atoms with Crippen LogP contribution in [0.3, 0.4) is 0 Å². The molecule has 0 atom stereocenters. The molecule has 1 fully saturated rings. The molecule has 0 bridgehead atoms. The summed E-state index contributed by atoms with van der Waals surface area (Å²) in [4.78, 5) is 14.3. The highest BCUT2D eigenvalue weighted by atomic mass is 19.1. The first-order chi connectivity index (χ1) is 8.16. The van der Waals surface area contributed by atoms with Crippen LogP contribution >= 0.6 is 0 Å². The van der Waals surface area contributed by atoms with E-state index in [1.807, 2.05) is 6.92 Å². The Bertz CT molecular complexity index is 488. The SMILES string of the molecule is CCc1cc(C2(N=C=O)CC2)c(OC)cc1F. The second-order valence-corrected chi connectivity index (χ2v) is 4.23. The van der Waals surface area contributed by atoms with E-state index in [1.165, 1.54) is 13.2 Å². The Labute approximate surface area is 99.3 Å². The highest BCUT2D eigenvalue weighted by Gasteiger charge is 2.47. The van der Waals surface area contributed by atoms with Gasteiger partial charge in [-0.2, -0.15) is 4.99 Å². The maximum atomic E-state index is 13.6. The zero-order valence-electron chi connectivity index (χ0n) is 9.92. The lowest BCUT2D eigenvalue weighted by atomic mass is 9.99. The van der Waals surface area contributed by atoms with Crippen molar-refractivity contribution < 1.29 is 13.9 Å². The fourth-order valence-electron chi connectivity index (χ4n) is 2.05. The highest BCUT2D eigenvalue weighted by Crippen LogP contribution is 2.52. The van der Waals surface area contributed by atoms with Crippen molar-refractivity contribution in [2.24, 2.45) is 4.99 Å². The second-order valence-electron chi connectivity index (χ2n) is 4.23. The van der Waals surface area contributed by atoms with Crippen LogP contribution in [-0.4, -0.2) is 13.2 Å². The van der Waals surface area contributed by atoms with Crippen LogP contribution in [0.5, 0.6) is 5.75 Å². The Hall–Kier alpha value is -1.67. The lowest BCUT2D eigenvalue weighted by molar-refractivity contribution is 0.400. The van der Waals surface area contributed by atoms with Gasteiger partial charge >= 0.3 is 0 Å². The van der Waals surface area contributed by atoms with E-state index in [-0.39, 0.29) is 5.82 Å². The third kappa shape index (κ3) is 1.96. The van der Waals surface area contributed by atoms with Crippen molar-refractivity contribution in [3.8, 4) is 5.75 Å². The van der Waals surface area contributed by atoms with Crippen molar-refractivity contribution in [2.75, 3.05) is 7.11 Å². The Morgan fingerprint density at radius 1 is 1.53 bits per heavy atom. The number of rotatable bonds is 4. The zero-order chi connectivity index (χ0) is 12.5. The van der Waals surface area contributed by atoms with Crippen LogP contribution in [0.2, 0.25) is 0 Å². The summed E-state index contributed by atoms with van der Waals surface area (Å²) in [5.74, 6) is 0.176. The van der Waals surface area contributed by atoms with Crippen LogP contribution in [0.15, 0.2) is 17.1 Å². The molecule has 1 aliphatic rings. The van der Waals surface area contributed by atoms with Crippen LogP contribution < -0.4 is 4.74 Å². The fraction of sp³-hybridized carbons (Fsp3) is 0.462. The molecule has 1 aliphatic carbocycles. The van der Waals surface area contributed by atoms with Crippen LogP contribution in [0, 0.1) is 5.82 Å². The van der Waals surface area contributed by atoms with Gasteiger partial charge in [-0.3, -0.25) is 0 Å². The maximum Gasteiger partial charge on any atom is 0.235 e. The summed E-state index contributed by atoms with van der Waals surface area (Å²) in [6.45, 7) is 1.89. The number of hydrogen-bond acceptors (Lipinski definition) is 3. The van der Waals surface area contributed by atoms with Crippen molar-refractivity contribution in [2.45, 2.75) is 31.7 Å². The predicted molar refractivity (Wildman–Crippen MR) is 61.4 cm³/mol. The molecule has 3 nitrogen and oxygen atoms in total. The van der Waals surface area contributed by atoms with Crippen LogP contribution in [-0.2, 0) is 16.8 Å². The smallest absolute Gasteiger partial charge is 0.235 e. The predicted octanol–water partition coefficient (Wildman–Crippen LogP) is 2.72. The first-order valence-electron chi connectivity index (χ1n) is 5.63. The Balaban J connectivity index is 2.55. The first kappa shape index (κ1) is 11.8. The summed E-state index contributed by atoms with van der Waals surface area (Å²) < 4.78 is 18.8. The number of nitrogens with zero attached hydrogens (tertiary/aromatic N) is 1. The van der Waals surface area contributed by atoms with Gasteiger partial charge in [0.15, 0.2) is 0 Å². The normalized spacial score (nSPS) is 16.2. The quantitative estimate of drug-likeness (QED) is 0.594. The molecular formula is C13H14FNO2. The molecule has 0 radical (unpaired) electrons. The minimum atomic E-state index is -0.523. The molecule has 1 aromatic rings. The van der Waals surface area contributed by atoms with Crippen molar-refractivity contribution in [1.82, 2.24) is 0 Å². The van der Waals surface area contributed by atoms with Gasteiger partial charge in [-0.15, -0.1) is 0 Å². The average molecular weight is 235 g/mol. The minimum Gasteiger partial charge on any atom is -0.496 e. The van der Waals surface area contributed by atoms with Crippen molar-refractivity contribution in [3.63, 3.8) is 0 Å². The van der Waals surface area contributed by atoms with Crippen molar-refractivity contribution in [3.05, 3.63) is 29.1 Å². The molecule has 17 heavy (non-hydrogen) atoms. The van der Waals surface area contributed by atoms with E-state index in [4.69, 9.17) is 4.74 Å². The van der Waals surface area contributed by atoms with Gasteiger partial charge in [-0.1, -0.05) is 6.92 Å². The summed E-state index contributed by atoms with van der Waals surface area (Å²) in [7, 11) is 1.49. The summed E-state index contributed by atoms with van der Waals surface area (Å²) in [5.41, 5.74) is 0.889. The van der Waals surface area contributed by atoms with Crippen LogP contribution in [0.4, 0.5) is 4.39 Å². The number of aliphatic imine (C=N–C) groups is 1. The largest absolute Gasteiger partial charge is 0.496 e. The molecule has 0 amide bonds. The maximum absolute atomic E-state index is 13.6. The molecule has 0 aromatic heterocycles. The molecule has 0 aliphatic heterocycles. The lowest BCUT2D eigenvalue weighted by Crippen LogP contribution is -2.07. The van der Waals surface area contributed by atoms with Gasteiger partial charge in [0.25, 0.3) is 0 Å². The molecule has 4 heteroatoms. The third-order valence-corrected chi connectivity index (χ3v) is 3.23. The van der Waals surface area contributed by atoms with E-state index in [0.717, 1.165) is 18.4 Å². The average Bonchev–Trinajstić information content (AvgIpc) is 3.10. The molecule has 2 rings (SSSR count). The summed E-state index contributed by atoms with van der Waals surface area (Å²) >= 11 is 0. The van der Waals surface area contributed by atoms with E-state index in [1.54, 1.807) is 12.1 Å². The second kappa shape index (κ2) is 4.30. The number of hydrogen-bond donors (Lipinski definition) is 0. The number of methoxy groups -OCH3 is 1. The van der Waals surface area contributed by atoms with Crippen LogP contribution in [0.25, 0.3) is 0 Å². The van der Waals surface area contributed by atoms with Crippen molar-refractivity contribution >= 4 is 6.08 Å². The molecular weight excluding hydrogens is 221 g/mol. The van der Waals surface area contributed by atoms with E-state index in [9.17, 15) is 9.18 Å². The van der Waals surface area contributed by atoms with Gasteiger partial charge in [-0.05, 0) is 30.9 Å². The number of aryl methyl sites for hydroxylation is 1. The van der Waals surface area contributed by atoms with Crippen LogP contribution in [0.1, 0.15) is 30.9 Å². The van der Waals surface area contributed by atoms with Gasteiger partial charge in [0.05, 0.1) is 7.11 Å². The Kier molecular flexibility index (Phi) is 2.99. The molecule has 1 aromatic carbocycles. The van der Waals surface area contributed by atoms with E-state index in [0.29, 0.717) is 17.7 Å². The molecule has 0 saturated heterocycles. The lowest BCUT2D eigenvalue weighted by Gasteiger charge is -2.15. The number of ether oxygens (including phenoxy) is 1. The van der Waals surface area contributed by atoms with E-state index >= 15 is 0 Å². The molecule has 90 valence electrons. The summed E-state index contributed by atoms with van der Waals surface area (Å²) in [5, 5.41) is 0. The topological polar surface area (TPSA) is 38.7 Å². The number of carbonyl (C=O) groups excluding carboxylic acids is 1. The van der Waals surface area contributed by atoms with Gasteiger partial charge < -0.3 is 4.74 Å². The molecule has 0 heterocycles. The molecule has 0 spiro atoms. The summed E-state index contributed by atoms with van der Waals surface area (Å²) in [6.07, 6.45) is 3.77. The third-order valence-electron chi connectivity index (χ3n) is 3.23. The number of halogens is 1. The van der Waals surface area contributed by atoms with Gasteiger partial charge in [-0.25, -0.2) is 9.18 Å². The Morgan fingerprint density at radius 2 is 2.24 bits per heavy atom. The van der Waals surface area contributed by atoms with E-state index in [2.05, 4.69) is 4.99 Å². The first-order valence-corrected chi connectivity index (χ1v) is 5.63. The fourth-order valence-corrected chi connectivity index (χ4v) is 2.05. The van der Waals surface area contributed by atoms with Crippen molar-refractivity contribution in [1.29, 1.82) is 0 Å². The highest BCUT2D eigenvalue weighted by molar-refractivity contribution is 5.49. The molecule has 0 unspecified atom stereocenters. The van der Waals surface area contributed by atoms with E-state index < -0.39 is 5.54 Å². The van der Waals surface area contributed by atoms with Gasteiger partial charge in [0.2, 0.25) is 6.08 Å². The standard InChI is InChI=1S/C13H14FNO2/c1-3-9-6-10(12(17-2)7-11(9)14)13(4-5-13)15-8-16/h6-7H,3-5H2,1-2H3. The molecule has 0 N–H and O–H groups in total. The monoisotopic (exact) mass is 235 g/mol. The number of isocyanates is 1. The number of benzene rings is 1. The molecule has 1 saturated carbocycles.